The maximum atomic E-state index is 13.8. The number of amides is 2. The van der Waals surface area contributed by atoms with Crippen LogP contribution in [0.25, 0.3) is 11.1 Å². The molecule has 3 atom stereocenters. The Balaban J connectivity index is 1.84. The highest BCUT2D eigenvalue weighted by Gasteiger charge is 2.31. The van der Waals surface area contributed by atoms with E-state index in [0.29, 0.717) is 41.3 Å². The summed E-state index contributed by atoms with van der Waals surface area (Å²) in [6.07, 6.45) is 7.38. The van der Waals surface area contributed by atoms with E-state index in [4.69, 9.17) is 14.2 Å². The number of rotatable bonds is 10. The van der Waals surface area contributed by atoms with Crippen molar-refractivity contribution >= 4 is 17.5 Å². The van der Waals surface area contributed by atoms with Crippen LogP contribution in [0.5, 0.6) is 17.2 Å². The fourth-order valence-electron chi connectivity index (χ4n) is 6.23. The van der Waals surface area contributed by atoms with Gasteiger partial charge in [-0.2, -0.15) is 0 Å². The molecule has 1 saturated carbocycles. The number of anilines is 1. The van der Waals surface area contributed by atoms with E-state index in [1.165, 1.54) is 13.3 Å². The third-order valence-corrected chi connectivity index (χ3v) is 8.67. The van der Waals surface area contributed by atoms with Gasteiger partial charge in [0.25, 0.3) is 0 Å². The molecule has 2 aliphatic carbocycles. The predicted molar refractivity (Wildman–Crippen MR) is 165 cm³/mol. The van der Waals surface area contributed by atoms with Gasteiger partial charge in [0.15, 0.2) is 11.5 Å². The first-order valence-electron chi connectivity index (χ1n) is 15.1. The van der Waals surface area contributed by atoms with Crippen molar-refractivity contribution < 1.29 is 23.8 Å². The van der Waals surface area contributed by atoms with Crippen LogP contribution in [0.4, 0.5) is 5.69 Å². The van der Waals surface area contributed by atoms with Crippen LogP contribution in [0.15, 0.2) is 29.1 Å². The molecule has 9 nitrogen and oxygen atoms in total. The van der Waals surface area contributed by atoms with Gasteiger partial charge < -0.3 is 30.2 Å². The lowest BCUT2D eigenvalue weighted by atomic mass is 9.93. The van der Waals surface area contributed by atoms with E-state index in [2.05, 4.69) is 16.0 Å². The van der Waals surface area contributed by atoms with Gasteiger partial charge in [0.05, 0.1) is 33.1 Å². The molecule has 0 saturated heterocycles. The van der Waals surface area contributed by atoms with E-state index in [0.717, 1.165) is 48.8 Å². The number of methoxy groups -OCH3 is 3. The Labute approximate surface area is 248 Å². The van der Waals surface area contributed by atoms with Crippen molar-refractivity contribution in [3.63, 3.8) is 0 Å². The Morgan fingerprint density at radius 3 is 2.29 bits per heavy atom. The molecule has 0 spiro atoms. The number of hydrogen-bond donors (Lipinski definition) is 3. The molecule has 9 heteroatoms. The minimum Gasteiger partial charge on any atom is -0.493 e. The second-order valence-electron chi connectivity index (χ2n) is 11.4. The van der Waals surface area contributed by atoms with Gasteiger partial charge in [-0.05, 0) is 66.5 Å². The van der Waals surface area contributed by atoms with Crippen LogP contribution in [-0.2, 0) is 16.0 Å². The lowest BCUT2D eigenvalue weighted by Gasteiger charge is -2.28. The molecule has 0 radical (unpaired) electrons. The summed E-state index contributed by atoms with van der Waals surface area (Å²) in [4.78, 5) is 39.5. The van der Waals surface area contributed by atoms with Gasteiger partial charge in [-0.1, -0.05) is 45.6 Å². The molecule has 0 unspecified atom stereocenters. The zero-order valence-electron chi connectivity index (χ0n) is 25.7. The molecule has 0 aromatic heterocycles. The van der Waals surface area contributed by atoms with Crippen molar-refractivity contribution in [2.24, 2.45) is 5.92 Å². The van der Waals surface area contributed by atoms with Crippen molar-refractivity contribution in [1.29, 1.82) is 0 Å². The first-order chi connectivity index (χ1) is 20.2. The third kappa shape index (κ3) is 6.66. The lowest BCUT2D eigenvalue weighted by molar-refractivity contribution is -0.123. The molecule has 0 aliphatic heterocycles. The largest absolute Gasteiger partial charge is 0.493 e. The molecule has 2 amide bonds. The molecule has 0 bridgehead atoms. The monoisotopic (exact) mass is 579 g/mol. The van der Waals surface area contributed by atoms with Gasteiger partial charge >= 0.3 is 0 Å². The number of ether oxygens (including phenoxy) is 3. The van der Waals surface area contributed by atoms with Gasteiger partial charge in [-0.25, -0.2) is 0 Å². The van der Waals surface area contributed by atoms with E-state index in [-0.39, 0.29) is 29.2 Å². The Kier molecular flexibility index (Phi) is 10.4. The molecule has 2 aliphatic rings. The Bertz CT molecular complexity index is 1350. The van der Waals surface area contributed by atoms with E-state index in [9.17, 15) is 14.4 Å². The van der Waals surface area contributed by atoms with E-state index in [1.54, 1.807) is 33.5 Å². The smallest absolute Gasteiger partial charge is 0.242 e. The number of nitrogens with one attached hydrogen (secondary N) is 3. The van der Waals surface area contributed by atoms with Crippen molar-refractivity contribution in [3.05, 3.63) is 45.6 Å². The second-order valence-corrected chi connectivity index (χ2v) is 11.4. The molecule has 228 valence electrons. The van der Waals surface area contributed by atoms with E-state index >= 15 is 0 Å². The lowest BCUT2D eigenvalue weighted by Crippen LogP contribution is -2.48. The highest BCUT2D eigenvalue weighted by Crippen LogP contribution is 2.50. The Morgan fingerprint density at radius 1 is 0.952 bits per heavy atom. The van der Waals surface area contributed by atoms with Gasteiger partial charge in [-0.15, -0.1) is 0 Å². The van der Waals surface area contributed by atoms with Gasteiger partial charge in [0, 0.05) is 18.5 Å². The predicted octanol–water partition coefficient (Wildman–Crippen LogP) is 5.14. The van der Waals surface area contributed by atoms with Crippen LogP contribution in [0.1, 0.15) is 82.9 Å². The van der Waals surface area contributed by atoms with E-state index in [1.807, 2.05) is 26.0 Å². The number of hydrogen-bond acceptors (Lipinski definition) is 7. The zero-order chi connectivity index (χ0) is 30.4. The summed E-state index contributed by atoms with van der Waals surface area (Å²) in [6.45, 7) is 5.54. The first-order valence-corrected chi connectivity index (χ1v) is 15.1. The summed E-state index contributed by atoms with van der Waals surface area (Å²) in [5, 5.41) is 9.57. The molecule has 1 fully saturated rings. The summed E-state index contributed by atoms with van der Waals surface area (Å²) >= 11 is 0. The maximum absolute atomic E-state index is 13.8. The first kappa shape index (κ1) is 31.2. The molecule has 3 N–H and O–H groups in total. The molecule has 2 aromatic rings. The Hall–Kier alpha value is -3.75. The van der Waals surface area contributed by atoms with Gasteiger partial charge in [0.2, 0.25) is 23.0 Å². The average Bonchev–Trinajstić information content (AvgIpc) is 3.23. The minimum atomic E-state index is -0.566. The zero-order valence-corrected chi connectivity index (χ0v) is 25.7. The molecular weight excluding hydrogens is 534 g/mol. The molecule has 42 heavy (non-hydrogen) atoms. The number of carbonyl (C=O) groups is 2. The maximum Gasteiger partial charge on any atom is 0.242 e. The molecule has 0 heterocycles. The van der Waals surface area contributed by atoms with Crippen molar-refractivity contribution in [1.82, 2.24) is 10.6 Å². The van der Waals surface area contributed by atoms with Crippen LogP contribution in [0, 0.1) is 5.92 Å². The number of benzene rings is 1. The fraction of sp³-hybridized carbons (Fsp3) is 0.545. The summed E-state index contributed by atoms with van der Waals surface area (Å²) in [6, 6.07) is 6.32. The van der Waals surface area contributed by atoms with Gasteiger partial charge in [0.1, 0.15) is 6.04 Å². The van der Waals surface area contributed by atoms with Crippen LogP contribution < -0.4 is 35.6 Å². The third-order valence-electron chi connectivity index (χ3n) is 8.67. The van der Waals surface area contributed by atoms with Crippen molar-refractivity contribution in [2.45, 2.75) is 90.3 Å². The number of fused-ring (bicyclic) bond motifs is 3. The average molecular weight is 580 g/mol. The van der Waals surface area contributed by atoms with E-state index < -0.39 is 12.1 Å². The Morgan fingerprint density at radius 2 is 1.67 bits per heavy atom. The van der Waals surface area contributed by atoms with Crippen molar-refractivity contribution in [3.8, 4) is 28.4 Å². The van der Waals surface area contributed by atoms with Crippen LogP contribution >= 0.6 is 0 Å². The quantitative estimate of drug-likeness (QED) is 0.357. The standard InChI is InChI=1S/C33H45N3O6/c1-7-19(2)30(33(39)35-22-11-9-8-10-12-22)36-26-16-14-23-24(18-27(26)38)25(34-20(3)37)15-13-21-17-28(40-4)31(41-5)32(42-6)29(21)23/h14,16-19,22,25,30H,7-13,15H2,1-6H3,(H,34,37)(H,35,39)(H,36,38)/t19-,25-,30-/m0/s1. The SMILES string of the molecule is CC[C@H](C)[C@H](Nc1ccc2c(cc1=O)[C@@H](NC(C)=O)CCc1cc(OC)c(OC)c(OC)c1-2)C(=O)NC1CCCCC1. The molecular formula is C33H45N3O6. The highest BCUT2D eigenvalue weighted by molar-refractivity contribution is 5.86. The highest BCUT2D eigenvalue weighted by atomic mass is 16.5. The molecule has 2 aromatic carbocycles. The van der Waals surface area contributed by atoms with Gasteiger partial charge in [-0.3, -0.25) is 14.4 Å². The van der Waals surface area contributed by atoms with Crippen LogP contribution in [0.3, 0.4) is 0 Å². The fourth-order valence-corrected chi connectivity index (χ4v) is 6.23. The van der Waals surface area contributed by atoms with Crippen LogP contribution in [0.2, 0.25) is 0 Å². The normalized spacial score (nSPS) is 17.9. The molecule has 4 rings (SSSR count). The minimum absolute atomic E-state index is 0.000927. The summed E-state index contributed by atoms with van der Waals surface area (Å²) in [5.74, 6) is 1.22. The second kappa shape index (κ2) is 13.9. The van der Waals surface area contributed by atoms with Crippen molar-refractivity contribution in [2.75, 3.05) is 26.6 Å². The summed E-state index contributed by atoms with van der Waals surface area (Å²) in [5.41, 5.74) is 3.24. The summed E-state index contributed by atoms with van der Waals surface area (Å²) < 4.78 is 17.2. The summed E-state index contributed by atoms with van der Waals surface area (Å²) in [7, 11) is 4.71. The topological polar surface area (TPSA) is 115 Å². The number of carbonyl (C=O) groups excluding carboxylic acids is 2. The van der Waals surface area contributed by atoms with Crippen LogP contribution in [-0.4, -0.2) is 45.2 Å². The number of aryl methyl sites for hydroxylation is 1.